The molecule has 9 heteroatoms. The van der Waals surface area contributed by atoms with Crippen LogP contribution in [0, 0.1) is 11.8 Å². The zero-order valence-electron chi connectivity index (χ0n) is 13.7. The van der Waals surface area contributed by atoms with Crippen molar-refractivity contribution in [2.45, 2.75) is 37.5 Å². The van der Waals surface area contributed by atoms with Gasteiger partial charge in [0, 0.05) is 12.6 Å². The number of benzene rings is 1. The van der Waals surface area contributed by atoms with E-state index in [0.29, 0.717) is 18.5 Å². The van der Waals surface area contributed by atoms with E-state index in [1.807, 2.05) is 4.72 Å². The number of carboxylic acid groups (broad SMARTS) is 1. The summed E-state index contributed by atoms with van der Waals surface area (Å²) >= 11 is 0. The molecule has 1 aliphatic carbocycles. The second kappa shape index (κ2) is 7.64. The number of rotatable bonds is 5. The average molecular weight is 368 g/mol. The van der Waals surface area contributed by atoms with Crippen molar-refractivity contribution in [2.75, 3.05) is 5.32 Å². The van der Waals surface area contributed by atoms with Crippen LogP contribution in [0.4, 0.5) is 5.69 Å². The third-order valence-corrected chi connectivity index (χ3v) is 5.58. The highest BCUT2D eigenvalue weighted by molar-refractivity contribution is 7.90. The van der Waals surface area contributed by atoms with E-state index in [9.17, 15) is 27.9 Å². The minimum absolute atomic E-state index is 0.109. The minimum atomic E-state index is -3.94. The van der Waals surface area contributed by atoms with Crippen LogP contribution in [0.25, 0.3) is 0 Å². The zero-order valence-corrected chi connectivity index (χ0v) is 14.5. The van der Waals surface area contributed by atoms with Gasteiger partial charge in [0.1, 0.15) is 0 Å². The molecule has 1 aromatic carbocycles. The topological polar surface area (TPSA) is 130 Å². The lowest BCUT2D eigenvalue weighted by atomic mass is 9.78. The third kappa shape index (κ3) is 4.79. The summed E-state index contributed by atoms with van der Waals surface area (Å²) in [5, 5.41) is 11.9. The zero-order chi connectivity index (χ0) is 18.6. The predicted octanol–water partition coefficient (Wildman–Crippen LogP) is 1.34. The average Bonchev–Trinajstić information content (AvgIpc) is 2.54. The van der Waals surface area contributed by atoms with Gasteiger partial charge in [0.15, 0.2) is 0 Å². The molecule has 136 valence electrons. The molecule has 0 aliphatic heterocycles. The molecule has 0 radical (unpaired) electrons. The third-order valence-electron chi connectivity index (χ3n) is 4.13. The summed E-state index contributed by atoms with van der Waals surface area (Å²) in [7, 11) is -3.94. The van der Waals surface area contributed by atoms with Crippen LogP contribution in [-0.4, -0.2) is 31.3 Å². The molecular formula is C16H20N2O6S. The van der Waals surface area contributed by atoms with Crippen LogP contribution in [0.15, 0.2) is 29.2 Å². The Hall–Kier alpha value is -2.42. The van der Waals surface area contributed by atoms with E-state index in [1.54, 1.807) is 0 Å². The highest BCUT2D eigenvalue weighted by atomic mass is 32.2. The first-order valence-electron chi connectivity index (χ1n) is 7.88. The lowest BCUT2D eigenvalue weighted by molar-refractivity contribution is -0.147. The monoisotopic (exact) mass is 368 g/mol. The number of amides is 2. The molecule has 0 bridgehead atoms. The van der Waals surface area contributed by atoms with Crippen LogP contribution >= 0.6 is 0 Å². The van der Waals surface area contributed by atoms with Gasteiger partial charge in [-0.05, 0) is 37.1 Å². The van der Waals surface area contributed by atoms with Gasteiger partial charge in [0.05, 0.1) is 16.7 Å². The summed E-state index contributed by atoms with van der Waals surface area (Å²) in [5.74, 6) is -3.36. The molecule has 0 aromatic heterocycles. The van der Waals surface area contributed by atoms with Gasteiger partial charge in [-0.1, -0.05) is 12.8 Å². The van der Waals surface area contributed by atoms with Crippen molar-refractivity contribution in [3.63, 3.8) is 0 Å². The molecule has 1 aliphatic rings. The van der Waals surface area contributed by atoms with E-state index >= 15 is 0 Å². The van der Waals surface area contributed by atoms with Gasteiger partial charge in [-0.15, -0.1) is 0 Å². The highest BCUT2D eigenvalue weighted by Gasteiger charge is 2.35. The Morgan fingerprint density at radius 3 is 2.12 bits per heavy atom. The van der Waals surface area contributed by atoms with Crippen molar-refractivity contribution in [1.82, 2.24) is 4.72 Å². The molecular weight excluding hydrogens is 348 g/mol. The van der Waals surface area contributed by atoms with Gasteiger partial charge in [-0.3, -0.25) is 14.4 Å². The maximum absolute atomic E-state index is 12.4. The lowest BCUT2D eigenvalue weighted by Gasteiger charge is -2.27. The molecule has 2 atom stereocenters. The van der Waals surface area contributed by atoms with Crippen molar-refractivity contribution in [2.24, 2.45) is 11.8 Å². The molecule has 2 rings (SSSR count). The summed E-state index contributed by atoms with van der Waals surface area (Å²) in [6, 6.07) is 5.31. The smallest absolute Gasteiger partial charge is 0.307 e. The SMILES string of the molecule is CC(=O)NS(=O)(=O)c1ccc(NC(=O)C2CCCC[C@@H]2C(=O)O)cc1. The number of carboxylic acids is 1. The number of sulfonamides is 1. The van der Waals surface area contributed by atoms with E-state index < -0.39 is 33.7 Å². The number of carbonyl (C=O) groups excluding carboxylic acids is 2. The van der Waals surface area contributed by atoms with Crippen molar-refractivity contribution < 1.29 is 27.9 Å². The van der Waals surface area contributed by atoms with E-state index in [4.69, 9.17) is 0 Å². The van der Waals surface area contributed by atoms with Crippen LogP contribution in [-0.2, 0) is 24.4 Å². The molecule has 25 heavy (non-hydrogen) atoms. The molecule has 1 saturated carbocycles. The lowest BCUT2D eigenvalue weighted by Crippen LogP contribution is -2.36. The second-order valence-electron chi connectivity index (χ2n) is 6.01. The van der Waals surface area contributed by atoms with E-state index in [1.165, 1.54) is 24.3 Å². The van der Waals surface area contributed by atoms with E-state index in [2.05, 4.69) is 5.32 Å². The number of hydrogen-bond acceptors (Lipinski definition) is 5. The Morgan fingerprint density at radius 1 is 1.04 bits per heavy atom. The number of hydrogen-bond donors (Lipinski definition) is 3. The fraction of sp³-hybridized carbons (Fsp3) is 0.438. The summed E-state index contributed by atoms with van der Waals surface area (Å²) in [5.41, 5.74) is 0.362. The molecule has 1 aromatic rings. The van der Waals surface area contributed by atoms with Crippen molar-refractivity contribution in [3.05, 3.63) is 24.3 Å². The number of nitrogens with one attached hydrogen (secondary N) is 2. The molecule has 1 fully saturated rings. The molecule has 0 spiro atoms. The van der Waals surface area contributed by atoms with E-state index in [-0.39, 0.29) is 10.8 Å². The molecule has 8 nitrogen and oxygen atoms in total. The number of anilines is 1. The standard InChI is InChI=1S/C16H20N2O6S/c1-10(19)18-25(23,24)12-8-6-11(7-9-12)17-15(20)13-4-2-3-5-14(13)16(21)22/h6-9,13-14H,2-5H2,1H3,(H,17,20)(H,18,19)(H,21,22)/t13?,14-/m0/s1. The Morgan fingerprint density at radius 2 is 1.60 bits per heavy atom. The van der Waals surface area contributed by atoms with Crippen LogP contribution < -0.4 is 10.0 Å². The molecule has 0 heterocycles. The Bertz CT molecular complexity index is 772. The van der Waals surface area contributed by atoms with Crippen LogP contribution in [0.1, 0.15) is 32.6 Å². The van der Waals surface area contributed by atoms with Gasteiger partial charge in [-0.25, -0.2) is 13.1 Å². The van der Waals surface area contributed by atoms with Crippen molar-refractivity contribution in [1.29, 1.82) is 0 Å². The van der Waals surface area contributed by atoms with Crippen LogP contribution in [0.2, 0.25) is 0 Å². The normalized spacial score (nSPS) is 20.5. The van der Waals surface area contributed by atoms with Gasteiger partial charge in [-0.2, -0.15) is 0 Å². The Labute approximate surface area is 145 Å². The molecule has 2 amide bonds. The Balaban J connectivity index is 2.09. The van der Waals surface area contributed by atoms with Gasteiger partial charge >= 0.3 is 5.97 Å². The quantitative estimate of drug-likeness (QED) is 0.719. The molecule has 3 N–H and O–H groups in total. The largest absolute Gasteiger partial charge is 0.481 e. The first-order chi connectivity index (χ1) is 11.7. The minimum Gasteiger partial charge on any atom is -0.481 e. The first-order valence-corrected chi connectivity index (χ1v) is 9.36. The second-order valence-corrected chi connectivity index (χ2v) is 7.69. The Kier molecular flexibility index (Phi) is 5.78. The van der Waals surface area contributed by atoms with Crippen molar-refractivity contribution in [3.8, 4) is 0 Å². The van der Waals surface area contributed by atoms with E-state index in [0.717, 1.165) is 19.8 Å². The number of aliphatic carboxylic acids is 1. The summed E-state index contributed by atoms with van der Waals surface area (Å²) in [4.78, 5) is 34.4. The van der Waals surface area contributed by atoms with Crippen LogP contribution in [0.5, 0.6) is 0 Å². The first kappa shape index (κ1) is 18.9. The van der Waals surface area contributed by atoms with Gasteiger partial charge in [0.25, 0.3) is 10.0 Å². The summed E-state index contributed by atoms with van der Waals surface area (Å²) in [6.07, 6.45) is 2.57. The predicted molar refractivity (Wildman–Crippen MR) is 89.2 cm³/mol. The number of carbonyl (C=O) groups is 3. The molecule has 0 saturated heterocycles. The molecule has 1 unspecified atom stereocenters. The highest BCUT2D eigenvalue weighted by Crippen LogP contribution is 2.31. The van der Waals surface area contributed by atoms with Crippen LogP contribution in [0.3, 0.4) is 0 Å². The maximum Gasteiger partial charge on any atom is 0.307 e. The summed E-state index contributed by atoms with van der Waals surface area (Å²) < 4.78 is 25.6. The van der Waals surface area contributed by atoms with Gasteiger partial charge in [0.2, 0.25) is 11.8 Å². The maximum atomic E-state index is 12.4. The summed E-state index contributed by atoms with van der Waals surface area (Å²) in [6.45, 7) is 1.09. The fourth-order valence-corrected chi connectivity index (χ4v) is 3.93. The van der Waals surface area contributed by atoms with Crippen molar-refractivity contribution >= 4 is 33.5 Å². The fourth-order valence-electron chi connectivity index (χ4n) is 2.94. The van der Waals surface area contributed by atoms with Gasteiger partial charge < -0.3 is 10.4 Å².